The summed E-state index contributed by atoms with van der Waals surface area (Å²) in [5, 5.41) is 5.39. The van der Waals surface area contributed by atoms with Crippen LogP contribution >= 0.6 is 22.9 Å². The molecule has 24 heavy (non-hydrogen) atoms. The summed E-state index contributed by atoms with van der Waals surface area (Å²) in [6, 6.07) is 5.97. The molecule has 1 heterocycles. The first kappa shape index (κ1) is 17.4. The van der Waals surface area contributed by atoms with Crippen molar-refractivity contribution in [1.82, 2.24) is 4.98 Å². The summed E-state index contributed by atoms with van der Waals surface area (Å²) in [6.45, 7) is 1.82. The molecule has 2 aromatic rings. The first-order chi connectivity index (χ1) is 11.3. The molecular formula is C16H17ClN2O3S2. The van der Waals surface area contributed by atoms with Crippen LogP contribution in [0, 0.1) is 6.92 Å². The molecule has 0 radical (unpaired) electrons. The quantitative estimate of drug-likeness (QED) is 0.869. The van der Waals surface area contributed by atoms with Crippen molar-refractivity contribution >= 4 is 43.8 Å². The van der Waals surface area contributed by atoms with E-state index in [-0.39, 0.29) is 4.90 Å². The molecule has 1 saturated carbocycles. The molecule has 1 N–H and O–H groups in total. The van der Waals surface area contributed by atoms with E-state index in [1.807, 2.05) is 12.3 Å². The maximum Gasteiger partial charge on any atom is 0.248 e. The van der Waals surface area contributed by atoms with Crippen LogP contribution in [0.2, 0.25) is 5.02 Å². The van der Waals surface area contributed by atoms with Crippen molar-refractivity contribution in [3.8, 4) is 0 Å². The van der Waals surface area contributed by atoms with Crippen LogP contribution in [0.5, 0.6) is 0 Å². The summed E-state index contributed by atoms with van der Waals surface area (Å²) in [7, 11) is -3.82. The van der Waals surface area contributed by atoms with Crippen LogP contribution in [-0.4, -0.2) is 24.1 Å². The van der Waals surface area contributed by atoms with E-state index in [0.29, 0.717) is 35.8 Å². The second-order valence-corrected chi connectivity index (χ2v) is 9.46. The highest BCUT2D eigenvalue weighted by Gasteiger charge is 2.53. The van der Waals surface area contributed by atoms with Gasteiger partial charge in [0.25, 0.3) is 0 Å². The Balaban J connectivity index is 1.98. The monoisotopic (exact) mass is 384 g/mol. The molecule has 1 amide bonds. The predicted octanol–water partition coefficient (Wildman–Crippen LogP) is 3.83. The molecule has 1 fully saturated rings. The van der Waals surface area contributed by atoms with Crippen LogP contribution in [0.15, 0.2) is 34.5 Å². The fourth-order valence-corrected chi connectivity index (χ4v) is 5.90. The topological polar surface area (TPSA) is 76.1 Å². The minimum absolute atomic E-state index is 0.124. The zero-order valence-electron chi connectivity index (χ0n) is 13.1. The lowest BCUT2D eigenvalue weighted by Gasteiger charge is -2.27. The molecule has 8 heteroatoms. The van der Waals surface area contributed by atoms with Crippen molar-refractivity contribution in [2.24, 2.45) is 0 Å². The number of hydrogen-bond donors (Lipinski definition) is 1. The first-order valence-corrected chi connectivity index (χ1v) is 10.3. The Bertz CT molecular complexity index is 854. The Kier molecular flexibility index (Phi) is 4.68. The van der Waals surface area contributed by atoms with E-state index in [9.17, 15) is 13.2 Å². The van der Waals surface area contributed by atoms with E-state index in [1.165, 1.54) is 35.6 Å². The molecule has 0 bridgehead atoms. The highest BCUT2D eigenvalue weighted by molar-refractivity contribution is 7.93. The van der Waals surface area contributed by atoms with E-state index in [0.717, 1.165) is 5.69 Å². The van der Waals surface area contributed by atoms with Gasteiger partial charge in [-0.2, -0.15) is 0 Å². The number of nitrogens with zero attached hydrogens (tertiary/aromatic N) is 1. The number of aryl methyl sites for hydroxylation is 1. The minimum atomic E-state index is -3.82. The van der Waals surface area contributed by atoms with Gasteiger partial charge in [-0.1, -0.05) is 24.4 Å². The summed E-state index contributed by atoms with van der Waals surface area (Å²) in [6.07, 6.45) is 2.04. The number of hydrogen-bond acceptors (Lipinski definition) is 5. The van der Waals surface area contributed by atoms with Crippen molar-refractivity contribution in [2.75, 3.05) is 5.32 Å². The SMILES string of the molecule is Cc1csc(NC(=O)C2(S(=O)(=O)c3ccc(Cl)cc3)CCCC2)n1. The van der Waals surface area contributed by atoms with Crippen molar-refractivity contribution < 1.29 is 13.2 Å². The Morgan fingerprint density at radius 1 is 1.25 bits per heavy atom. The van der Waals surface area contributed by atoms with Crippen molar-refractivity contribution in [3.63, 3.8) is 0 Å². The van der Waals surface area contributed by atoms with Gasteiger partial charge in [0.15, 0.2) is 19.7 Å². The number of thiazole rings is 1. The predicted molar refractivity (Wildman–Crippen MR) is 95.3 cm³/mol. The van der Waals surface area contributed by atoms with Crippen LogP contribution in [0.3, 0.4) is 0 Å². The van der Waals surface area contributed by atoms with Gasteiger partial charge in [0.2, 0.25) is 5.91 Å². The molecule has 128 valence electrons. The van der Waals surface area contributed by atoms with E-state index in [2.05, 4.69) is 10.3 Å². The fraction of sp³-hybridized carbons (Fsp3) is 0.375. The maximum atomic E-state index is 13.2. The number of sulfone groups is 1. The van der Waals surface area contributed by atoms with Crippen LogP contribution in [0.25, 0.3) is 0 Å². The molecule has 1 aliphatic carbocycles. The number of benzene rings is 1. The maximum absolute atomic E-state index is 13.2. The lowest BCUT2D eigenvalue weighted by Crippen LogP contribution is -2.47. The molecule has 0 aliphatic heterocycles. The molecule has 1 aliphatic rings. The van der Waals surface area contributed by atoms with Gasteiger partial charge in [0.05, 0.1) is 10.6 Å². The number of rotatable bonds is 4. The van der Waals surface area contributed by atoms with Gasteiger partial charge >= 0.3 is 0 Å². The highest BCUT2D eigenvalue weighted by Crippen LogP contribution is 2.41. The molecule has 0 saturated heterocycles. The fourth-order valence-electron chi connectivity index (χ4n) is 3.03. The lowest BCUT2D eigenvalue weighted by atomic mass is 10.1. The van der Waals surface area contributed by atoms with Crippen LogP contribution < -0.4 is 5.32 Å². The van der Waals surface area contributed by atoms with E-state index >= 15 is 0 Å². The van der Waals surface area contributed by atoms with Gasteiger partial charge < -0.3 is 5.32 Å². The number of nitrogens with one attached hydrogen (secondary N) is 1. The summed E-state index contributed by atoms with van der Waals surface area (Å²) >= 11 is 7.14. The Hall–Kier alpha value is -1.44. The van der Waals surface area contributed by atoms with Crippen molar-refractivity contribution in [2.45, 2.75) is 42.2 Å². The van der Waals surface area contributed by atoms with Gasteiger partial charge in [0, 0.05) is 10.4 Å². The normalized spacial score (nSPS) is 16.9. The smallest absolute Gasteiger partial charge is 0.248 e. The molecule has 3 rings (SSSR count). The van der Waals surface area contributed by atoms with Crippen LogP contribution in [-0.2, 0) is 14.6 Å². The van der Waals surface area contributed by atoms with Crippen LogP contribution in [0.1, 0.15) is 31.4 Å². The summed E-state index contributed by atoms with van der Waals surface area (Å²) in [5.41, 5.74) is 0.788. The first-order valence-electron chi connectivity index (χ1n) is 7.59. The van der Waals surface area contributed by atoms with Gasteiger partial charge in [-0.3, -0.25) is 4.79 Å². The summed E-state index contributed by atoms with van der Waals surface area (Å²) < 4.78 is 24.9. The van der Waals surface area contributed by atoms with E-state index < -0.39 is 20.5 Å². The van der Waals surface area contributed by atoms with E-state index in [4.69, 9.17) is 11.6 Å². The number of carbonyl (C=O) groups excluding carboxylic acids is 1. The van der Waals surface area contributed by atoms with E-state index in [1.54, 1.807) is 0 Å². The lowest BCUT2D eigenvalue weighted by molar-refractivity contribution is -0.118. The Morgan fingerprint density at radius 2 is 1.88 bits per heavy atom. The molecule has 5 nitrogen and oxygen atoms in total. The summed E-state index contributed by atoms with van der Waals surface area (Å²) in [5.74, 6) is -0.496. The van der Waals surface area contributed by atoms with Gasteiger partial charge in [-0.25, -0.2) is 13.4 Å². The van der Waals surface area contributed by atoms with Gasteiger partial charge in [0.1, 0.15) is 0 Å². The number of carbonyl (C=O) groups is 1. The zero-order valence-corrected chi connectivity index (χ0v) is 15.5. The third-order valence-electron chi connectivity index (χ3n) is 4.30. The number of halogens is 1. The molecule has 1 aromatic carbocycles. The summed E-state index contributed by atoms with van der Waals surface area (Å²) in [4.78, 5) is 17.2. The standard InChI is InChI=1S/C16H17ClN2O3S2/c1-11-10-23-15(18-11)19-14(20)16(8-2-3-9-16)24(21,22)13-6-4-12(17)5-7-13/h4-7,10H,2-3,8-9H2,1H3,(H,18,19,20). The van der Waals surface area contributed by atoms with Gasteiger partial charge in [-0.15, -0.1) is 11.3 Å². The molecule has 1 aromatic heterocycles. The average molecular weight is 385 g/mol. The van der Waals surface area contributed by atoms with Crippen molar-refractivity contribution in [3.05, 3.63) is 40.4 Å². The zero-order chi connectivity index (χ0) is 17.4. The number of amides is 1. The number of aromatic nitrogens is 1. The third kappa shape index (κ3) is 2.96. The highest BCUT2D eigenvalue weighted by atomic mass is 35.5. The minimum Gasteiger partial charge on any atom is -0.301 e. The molecule has 0 atom stereocenters. The van der Waals surface area contributed by atoms with Crippen LogP contribution in [0.4, 0.5) is 5.13 Å². The Labute approximate surface area is 150 Å². The second kappa shape index (κ2) is 6.46. The average Bonchev–Trinajstić information content (AvgIpc) is 3.18. The second-order valence-electron chi connectivity index (χ2n) is 5.91. The number of anilines is 1. The molecule has 0 unspecified atom stereocenters. The largest absolute Gasteiger partial charge is 0.301 e. The molecule has 0 spiro atoms. The molecular weight excluding hydrogens is 368 g/mol. The third-order valence-corrected chi connectivity index (χ3v) is 7.95. The Morgan fingerprint density at radius 3 is 2.42 bits per heavy atom. The van der Waals surface area contributed by atoms with Crippen molar-refractivity contribution in [1.29, 1.82) is 0 Å². The van der Waals surface area contributed by atoms with Gasteiger partial charge in [-0.05, 0) is 44.0 Å².